The summed E-state index contributed by atoms with van der Waals surface area (Å²) in [5.74, 6) is -2.05. The van der Waals surface area contributed by atoms with E-state index in [1.807, 2.05) is 23.1 Å². The summed E-state index contributed by atoms with van der Waals surface area (Å²) in [4.78, 5) is 70.9. The quantitative estimate of drug-likeness (QED) is 0.200. The molecule has 11 nitrogen and oxygen atoms in total. The number of aryl methyl sites for hydroxylation is 1. The predicted molar refractivity (Wildman–Crippen MR) is 144 cm³/mol. The van der Waals surface area contributed by atoms with E-state index in [9.17, 15) is 24.0 Å². The maximum atomic E-state index is 13.0. The van der Waals surface area contributed by atoms with E-state index < -0.39 is 29.2 Å². The molecule has 0 fully saturated rings. The van der Waals surface area contributed by atoms with Crippen LogP contribution in [0.4, 0.5) is 0 Å². The fraction of sp³-hybridized carbons (Fsp3) is 0.407. The number of hydrogen-bond acceptors (Lipinski definition) is 10. The number of H-pyrrole nitrogens is 1. The molecule has 2 atom stereocenters. The zero-order chi connectivity index (χ0) is 27.7. The second-order valence-corrected chi connectivity index (χ2v) is 10.9. The number of carbonyl (C=O) groups excluding carboxylic acids is 4. The SMILES string of the molecule is CCOC(=O)C1CCc2sc3nc(C(=O)NCc4ccc5c(c4)CN(CC(N)C(=O)C=O)CC5)[nH]c(=O)c3c21. The summed E-state index contributed by atoms with van der Waals surface area (Å²) < 4.78 is 5.18. The molecular weight excluding hydrogens is 522 g/mol. The van der Waals surface area contributed by atoms with Gasteiger partial charge in [0.25, 0.3) is 11.5 Å². The molecule has 5 rings (SSSR count). The lowest BCUT2D eigenvalue weighted by atomic mass is 9.97. The Morgan fingerprint density at radius 2 is 2.13 bits per heavy atom. The second-order valence-electron chi connectivity index (χ2n) is 9.77. The zero-order valence-corrected chi connectivity index (χ0v) is 22.3. The van der Waals surface area contributed by atoms with Crippen LogP contribution < -0.4 is 16.6 Å². The third-order valence-corrected chi connectivity index (χ3v) is 8.38. The lowest BCUT2D eigenvalue weighted by Crippen LogP contribution is -2.44. The Kier molecular flexibility index (Phi) is 7.69. The first-order valence-corrected chi connectivity index (χ1v) is 13.7. The molecule has 0 bridgehead atoms. The number of amides is 1. The minimum atomic E-state index is -0.848. The molecule has 1 aliphatic heterocycles. The van der Waals surface area contributed by atoms with Crippen molar-refractivity contribution in [3.63, 3.8) is 0 Å². The van der Waals surface area contributed by atoms with Gasteiger partial charge in [-0.05, 0) is 48.4 Å². The highest BCUT2D eigenvalue weighted by atomic mass is 32.1. The van der Waals surface area contributed by atoms with Gasteiger partial charge in [-0.25, -0.2) is 4.98 Å². The van der Waals surface area contributed by atoms with Crippen molar-refractivity contribution in [2.75, 3.05) is 19.7 Å². The largest absolute Gasteiger partial charge is 0.466 e. The monoisotopic (exact) mass is 551 g/mol. The Labute approximate surface area is 227 Å². The predicted octanol–water partition coefficient (Wildman–Crippen LogP) is 0.961. The Balaban J connectivity index is 1.27. The Morgan fingerprint density at radius 1 is 1.31 bits per heavy atom. The molecule has 1 aromatic carbocycles. The van der Waals surface area contributed by atoms with Crippen LogP contribution in [0.2, 0.25) is 0 Å². The lowest BCUT2D eigenvalue weighted by molar-refractivity contribution is -0.144. The van der Waals surface area contributed by atoms with Crippen molar-refractivity contribution in [2.45, 2.75) is 51.2 Å². The van der Waals surface area contributed by atoms with Crippen LogP contribution in [0.1, 0.15) is 57.0 Å². The number of fused-ring (bicyclic) bond motifs is 4. The number of nitrogens with one attached hydrogen (secondary N) is 2. The van der Waals surface area contributed by atoms with Gasteiger partial charge in [0.15, 0.2) is 6.29 Å². The summed E-state index contributed by atoms with van der Waals surface area (Å²) in [6, 6.07) is 5.10. The average Bonchev–Trinajstić information content (AvgIpc) is 3.50. The second kappa shape index (κ2) is 11.2. The number of hydrogen-bond donors (Lipinski definition) is 3. The first kappa shape index (κ1) is 26.9. The van der Waals surface area contributed by atoms with E-state index in [1.165, 1.54) is 16.9 Å². The van der Waals surface area contributed by atoms with Gasteiger partial charge in [0.1, 0.15) is 4.83 Å². The van der Waals surface area contributed by atoms with Gasteiger partial charge in [0.05, 0.1) is 24.0 Å². The summed E-state index contributed by atoms with van der Waals surface area (Å²) >= 11 is 1.34. The van der Waals surface area contributed by atoms with E-state index in [0.29, 0.717) is 41.7 Å². The van der Waals surface area contributed by atoms with E-state index in [-0.39, 0.29) is 31.2 Å². The smallest absolute Gasteiger partial charge is 0.313 e. The standard InChI is InChI=1S/C27H29N5O6S/c1-2-38-27(37)17-5-6-20-21(17)22-24(35)30-23(31-26(22)39-20)25(36)29-10-14-3-4-15-7-8-32(11-16(15)9-14)12-18(28)19(34)13-33/h3-4,9,13,17-18H,2,5-8,10-12,28H2,1H3,(H,29,36)(H,30,31,35). The molecule has 4 N–H and O–H groups in total. The highest BCUT2D eigenvalue weighted by Crippen LogP contribution is 2.42. The Bertz CT molecular complexity index is 1530. The highest BCUT2D eigenvalue weighted by Gasteiger charge is 2.35. The molecule has 3 heterocycles. The van der Waals surface area contributed by atoms with Crippen molar-refractivity contribution in [3.8, 4) is 0 Å². The summed E-state index contributed by atoms with van der Waals surface area (Å²) in [5, 5.41) is 3.17. The van der Waals surface area contributed by atoms with Crippen molar-refractivity contribution in [3.05, 3.63) is 61.5 Å². The average molecular weight is 552 g/mol. The fourth-order valence-electron chi connectivity index (χ4n) is 5.29. The van der Waals surface area contributed by atoms with E-state index in [4.69, 9.17) is 10.5 Å². The summed E-state index contributed by atoms with van der Waals surface area (Å²) in [6.07, 6.45) is 2.31. The van der Waals surface area contributed by atoms with E-state index >= 15 is 0 Å². The Hall–Kier alpha value is -3.74. The normalized spacial score (nSPS) is 17.3. The van der Waals surface area contributed by atoms with Crippen LogP contribution in [0.3, 0.4) is 0 Å². The molecule has 1 amide bonds. The third-order valence-electron chi connectivity index (χ3n) is 7.22. The molecule has 1 aliphatic carbocycles. The molecule has 2 aliphatic rings. The van der Waals surface area contributed by atoms with Gasteiger partial charge < -0.3 is 20.8 Å². The van der Waals surface area contributed by atoms with E-state index in [2.05, 4.69) is 15.3 Å². The number of ketones is 1. The number of aromatic amines is 1. The van der Waals surface area contributed by atoms with Gasteiger partial charge >= 0.3 is 5.97 Å². The molecule has 2 unspecified atom stereocenters. The summed E-state index contributed by atoms with van der Waals surface area (Å²) in [5.41, 5.74) is 9.17. The molecule has 204 valence electrons. The topological polar surface area (TPSA) is 165 Å². The number of ether oxygens (including phenoxy) is 1. The van der Waals surface area contributed by atoms with Gasteiger partial charge in [-0.3, -0.25) is 28.9 Å². The van der Waals surface area contributed by atoms with Crippen molar-refractivity contribution >= 4 is 45.5 Å². The fourth-order valence-corrected chi connectivity index (χ4v) is 6.54. The third kappa shape index (κ3) is 5.40. The van der Waals surface area contributed by atoms with Crippen LogP contribution in [0.5, 0.6) is 0 Å². The molecule has 0 saturated carbocycles. The number of aldehydes is 1. The van der Waals surface area contributed by atoms with E-state index in [0.717, 1.165) is 29.0 Å². The van der Waals surface area contributed by atoms with Gasteiger partial charge in [0, 0.05) is 31.1 Å². The summed E-state index contributed by atoms with van der Waals surface area (Å²) in [7, 11) is 0. The summed E-state index contributed by atoms with van der Waals surface area (Å²) in [6.45, 7) is 3.85. The van der Waals surface area contributed by atoms with Crippen LogP contribution in [-0.2, 0) is 45.1 Å². The maximum Gasteiger partial charge on any atom is 0.313 e. The first-order valence-electron chi connectivity index (χ1n) is 12.9. The minimum absolute atomic E-state index is 0.0851. The number of nitrogens with zero attached hydrogens (tertiary/aromatic N) is 2. The molecule has 0 radical (unpaired) electrons. The van der Waals surface area contributed by atoms with Crippen LogP contribution in [-0.4, -0.2) is 64.6 Å². The van der Waals surface area contributed by atoms with Gasteiger partial charge in [-0.2, -0.15) is 0 Å². The Morgan fingerprint density at radius 3 is 2.90 bits per heavy atom. The number of Topliss-reactive ketones (excluding diaryl/α,β-unsaturated/α-hetero) is 1. The van der Waals surface area contributed by atoms with Crippen LogP contribution >= 0.6 is 11.3 Å². The zero-order valence-electron chi connectivity index (χ0n) is 21.5. The number of esters is 1. The van der Waals surface area contributed by atoms with Crippen molar-refractivity contribution in [1.29, 1.82) is 0 Å². The minimum Gasteiger partial charge on any atom is -0.466 e. The lowest BCUT2D eigenvalue weighted by Gasteiger charge is -2.30. The van der Waals surface area contributed by atoms with Crippen LogP contribution in [0.15, 0.2) is 23.0 Å². The number of carbonyl (C=O) groups is 4. The molecule has 2 aromatic heterocycles. The molecule has 39 heavy (non-hydrogen) atoms. The molecule has 3 aromatic rings. The van der Waals surface area contributed by atoms with Crippen LogP contribution in [0, 0.1) is 0 Å². The van der Waals surface area contributed by atoms with E-state index in [1.54, 1.807) is 6.92 Å². The van der Waals surface area contributed by atoms with Crippen molar-refractivity contribution in [1.82, 2.24) is 20.2 Å². The number of aromatic nitrogens is 2. The van der Waals surface area contributed by atoms with Crippen molar-refractivity contribution in [2.24, 2.45) is 5.73 Å². The van der Waals surface area contributed by atoms with Gasteiger partial charge in [-0.15, -0.1) is 11.3 Å². The highest BCUT2D eigenvalue weighted by molar-refractivity contribution is 7.18. The molecular formula is C27H29N5O6S. The number of benzene rings is 1. The molecule has 0 saturated heterocycles. The van der Waals surface area contributed by atoms with Crippen molar-refractivity contribution < 1.29 is 23.9 Å². The molecule has 12 heteroatoms. The maximum absolute atomic E-state index is 13.0. The van der Waals surface area contributed by atoms with Crippen LogP contribution in [0.25, 0.3) is 10.2 Å². The number of rotatable bonds is 9. The van der Waals surface area contributed by atoms with Gasteiger partial charge in [-0.1, -0.05) is 18.2 Å². The first-order chi connectivity index (χ1) is 18.8. The molecule has 0 spiro atoms. The number of thiophene rings is 1. The number of nitrogens with two attached hydrogens (primary N) is 1. The van der Waals surface area contributed by atoms with Gasteiger partial charge in [0.2, 0.25) is 11.6 Å².